The smallest absolute Gasteiger partial charge is 0.192 e. The third-order valence-corrected chi connectivity index (χ3v) is 27.4. The second kappa shape index (κ2) is 18.6. The molecule has 14 heteroatoms. The number of ketones is 1. The molecule has 10 rings (SSSR count). The molecule has 7 unspecified atom stereocenters. The van der Waals surface area contributed by atoms with Gasteiger partial charge in [0.2, 0.25) is 0 Å². The number of methoxy groups -OCH3 is 1. The molecular weight excluding hydrogens is 873 g/mol. The maximum atomic E-state index is 14.6. The highest BCUT2D eigenvalue weighted by atomic mass is 28.4. The molecular formula is C52H86O12Si2. The van der Waals surface area contributed by atoms with E-state index in [1.54, 1.807) is 7.11 Å². The summed E-state index contributed by atoms with van der Waals surface area (Å²) in [5, 5.41) is 0.0634. The van der Waals surface area contributed by atoms with Crippen LogP contribution in [0.5, 0.6) is 0 Å². The third-order valence-electron chi connectivity index (χ3n) is 18.4. The fourth-order valence-corrected chi connectivity index (χ4v) is 14.8. The predicted octanol–water partition coefficient (Wildman–Crippen LogP) is 9.53. The summed E-state index contributed by atoms with van der Waals surface area (Å²) in [4.78, 5) is 14.6. The van der Waals surface area contributed by atoms with Gasteiger partial charge in [-0.05, 0) is 98.3 Å². The first kappa shape index (κ1) is 50.1. The van der Waals surface area contributed by atoms with Crippen LogP contribution in [0.1, 0.15) is 132 Å². The van der Waals surface area contributed by atoms with Crippen molar-refractivity contribution in [3.8, 4) is 0 Å². The summed E-state index contributed by atoms with van der Waals surface area (Å²) in [6.07, 6.45) is 5.96. The number of ether oxygens (including phenoxy) is 9. The van der Waals surface area contributed by atoms with Crippen LogP contribution >= 0.6 is 0 Å². The van der Waals surface area contributed by atoms with Gasteiger partial charge in [-0.2, -0.15) is 0 Å². The predicted molar refractivity (Wildman–Crippen MR) is 256 cm³/mol. The summed E-state index contributed by atoms with van der Waals surface area (Å²) in [7, 11) is -2.55. The highest BCUT2D eigenvalue weighted by Crippen LogP contribution is 2.55. The van der Waals surface area contributed by atoms with Gasteiger partial charge in [0.1, 0.15) is 36.3 Å². The zero-order valence-electron chi connectivity index (χ0n) is 42.6. The van der Waals surface area contributed by atoms with Crippen LogP contribution in [0, 0.1) is 11.8 Å². The van der Waals surface area contributed by atoms with E-state index in [-0.39, 0.29) is 125 Å². The molecule has 10 aliphatic heterocycles. The molecule has 10 fully saturated rings. The van der Waals surface area contributed by atoms with Crippen molar-refractivity contribution in [3.63, 3.8) is 0 Å². The normalized spacial score (nSPS) is 44.9. The number of carbonyl (C=O) groups is 1. The Morgan fingerprint density at radius 2 is 1.36 bits per heavy atom. The molecule has 0 aliphatic carbocycles. The lowest BCUT2D eigenvalue weighted by molar-refractivity contribution is -0.292. The molecule has 10 saturated heterocycles. The molecule has 0 radical (unpaired) electrons. The maximum absolute atomic E-state index is 14.6. The zero-order chi connectivity index (χ0) is 47.3. The van der Waals surface area contributed by atoms with Crippen LogP contribution < -0.4 is 0 Å². The van der Waals surface area contributed by atoms with Crippen molar-refractivity contribution in [1.29, 1.82) is 0 Å². The number of carbonyl (C=O) groups excluding carboxylic acids is 1. The van der Waals surface area contributed by atoms with Crippen molar-refractivity contribution in [3.05, 3.63) is 24.3 Å². The molecule has 12 bridgehead atoms. The Bertz CT molecular complexity index is 1790. The molecule has 0 aromatic heterocycles. The van der Waals surface area contributed by atoms with Gasteiger partial charge in [0.15, 0.2) is 22.4 Å². The van der Waals surface area contributed by atoms with Crippen molar-refractivity contribution in [1.82, 2.24) is 0 Å². The average molecular weight is 959 g/mol. The first-order valence-corrected chi connectivity index (χ1v) is 31.8. The summed E-state index contributed by atoms with van der Waals surface area (Å²) in [6, 6.07) is 0. The number of rotatable bonds is 8. The Morgan fingerprint density at radius 1 is 0.697 bits per heavy atom. The summed E-state index contributed by atoms with van der Waals surface area (Å²) in [5.74, 6) is -0.554. The zero-order valence-corrected chi connectivity index (χ0v) is 44.6. The van der Waals surface area contributed by atoms with Crippen LogP contribution in [-0.2, 0) is 56.3 Å². The van der Waals surface area contributed by atoms with Gasteiger partial charge in [-0.25, -0.2) is 0 Å². The second-order valence-electron chi connectivity index (χ2n) is 25.1. The van der Waals surface area contributed by atoms with Crippen molar-refractivity contribution in [2.24, 2.45) is 11.8 Å². The summed E-state index contributed by atoms with van der Waals surface area (Å²) in [5.41, 5.74) is 2.25. The molecule has 0 aromatic carbocycles. The summed E-state index contributed by atoms with van der Waals surface area (Å²) >= 11 is 0. The van der Waals surface area contributed by atoms with E-state index in [4.69, 9.17) is 51.5 Å². The lowest BCUT2D eigenvalue weighted by atomic mass is 9.81. The van der Waals surface area contributed by atoms with Gasteiger partial charge in [0.05, 0.1) is 73.8 Å². The Hall–Kier alpha value is -0.856. The minimum Gasteiger partial charge on any atom is -0.414 e. The molecule has 19 atom stereocenters. The number of Topliss-reactive ketones (excluding diaryl/α,β-unsaturated/α-hetero) is 1. The van der Waals surface area contributed by atoms with Crippen molar-refractivity contribution in [2.45, 2.75) is 272 Å². The number of fused-ring (bicyclic) bond motifs is 6. The standard InChI is InChI=1S/C52H86O12Si2/c1-29-21-33-15-17-38-30(2)22-35(56-38)19-20-52-27-43-46(62-52)47-48(61-43)49(63-52)45-39(60-47)18-16-34(58-45)23-32(53)24-37-41(26-40(57-33)31(29)3)59-42(44(37)54-10)25-36(64-66(13,14)51(7,8)9)28-55-65(11,12)50(4,5)6/h29,33-49H,2-3,15-28H2,1,4-14H3/t29-,33+,34?,35?,36?,37?,38?,39+,40?,41+,42?,43-,44-,45+,46+,47+,48-,49+,52+/m1/s1. The molecule has 1 spiro atoms. The average Bonchev–Trinajstić information content (AvgIpc) is 3.90. The van der Waals surface area contributed by atoms with E-state index in [0.717, 1.165) is 56.1 Å². The van der Waals surface area contributed by atoms with E-state index in [1.165, 1.54) is 0 Å². The monoisotopic (exact) mass is 959 g/mol. The van der Waals surface area contributed by atoms with Gasteiger partial charge >= 0.3 is 0 Å². The fourth-order valence-electron chi connectivity index (χ4n) is 12.4. The first-order chi connectivity index (χ1) is 30.9. The van der Waals surface area contributed by atoms with Gasteiger partial charge in [-0.1, -0.05) is 61.6 Å². The maximum Gasteiger partial charge on any atom is 0.192 e. The van der Waals surface area contributed by atoms with E-state index >= 15 is 0 Å². The minimum atomic E-state index is -2.22. The van der Waals surface area contributed by atoms with Crippen LogP contribution in [0.25, 0.3) is 0 Å². The molecule has 10 aliphatic rings. The molecule has 0 saturated carbocycles. The van der Waals surface area contributed by atoms with Crippen LogP contribution in [0.2, 0.25) is 36.3 Å². The van der Waals surface area contributed by atoms with E-state index in [0.29, 0.717) is 45.1 Å². The summed E-state index contributed by atoms with van der Waals surface area (Å²) < 4.78 is 76.0. The molecule has 0 amide bonds. The van der Waals surface area contributed by atoms with Crippen LogP contribution in [-0.4, -0.2) is 140 Å². The van der Waals surface area contributed by atoms with Gasteiger partial charge in [0.25, 0.3) is 0 Å². The largest absolute Gasteiger partial charge is 0.414 e. The summed E-state index contributed by atoms with van der Waals surface area (Å²) in [6.45, 7) is 34.8. The van der Waals surface area contributed by atoms with Gasteiger partial charge in [-0.15, -0.1) is 0 Å². The van der Waals surface area contributed by atoms with Crippen molar-refractivity contribution < 1.29 is 56.3 Å². The topological polar surface area (TPSA) is 119 Å². The molecule has 0 aromatic rings. The van der Waals surface area contributed by atoms with E-state index in [1.807, 2.05) is 0 Å². The van der Waals surface area contributed by atoms with Crippen molar-refractivity contribution in [2.75, 3.05) is 13.7 Å². The lowest BCUT2D eigenvalue weighted by Crippen LogP contribution is -2.61. The van der Waals surface area contributed by atoms with Gasteiger partial charge in [-0.3, -0.25) is 4.79 Å². The Kier molecular flexibility index (Phi) is 14.1. The lowest BCUT2D eigenvalue weighted by Gasteiger charge is -2.47. The van der Waals surface area contributed by atoms with E-state index in [2.05, 4.69) is 87.8 Å². The van der Waals surface area contributed by atoms with Gasteiger partial charge < -0.3 is 51.5 Å². The SMILES string of the molecule is C=C1CC2CC[C@@]34C[C@H]5O[C@H]6[C@@H](O3)[C@H]3OC(CC[C@@H]3O[C@H]6[C@H]5O4)CC(=O)CC3[C@@H](OC)C(CC(CO[Si](C)(C)C(C)(C)C)O[Si](C)(C)C(C)(C)C)O[C@H]3CC3O[C@@H](CCC1O2)C[C@@H](C)C3=C. The number of hydrogen-bond donors (Lipinski definition) is 0. The highest BCUT2D eigenvalue weighted by molar-refractivity contribution is 6.74. The van der Waals surface area contributed by atoms with Gasteiger partial charge in [0, 0.05) is 51.6 Å². The van der Waals surface area contributed by atoms with Crippen molar-refractivity contribution >= 4 is 22.4 Å². The molecule has 12 nitrogen and oxygen atoms in total. The second-order valence-corrected chi connectivity index (χ2v) is 34.7. The highest BCUT2D eigenvalue weighted by Gasteiger charge is 2.69. The fraction of sp³-hybridized carbons (Fsp3) is 0.904. The third kappa shape index (κ3) is 9.87. The van der Waals surface area contributed by atoms with E-state index in [9.17, 15) is 4.79 Å². The molecule has 0 N–H and O–H groups in total. The Morgan fingerprint density at radius 3 is 2.09 bits per heavy atom. The Balaban J connectivity index is 0.993. The van der Waals surface area contributed by atoms with Crippen LogP contribution in [0.3, 0.4) is 0 Å². The quantitative estimate of drug-likeness (QED) is 0.170. The van der Waals surface area contributed by atoms with Crippen LogP contribution in [0.4, 0.5) is 0 Å². The molecule has 10 heterocycles. The molecule has 374 valence electrons. The minimum absolute atomic E-state index is 0.00884. The Labute approximate surface area is 398 Å². The first-order valence-electron chi connectivity index (χ1n) is 25.9. The van der Waals surface area contributed by atoms with Crippen LogP contribution in [0.15, 0.2) is 24.3 Å². The van der Waals surface area contributed by atoms with E-state index < -0.39 is 22.4 Å². The molecule has 66 heavy (non-hydrogen) atoms. The number of hydrogen-bond acceptors (Lipinski definition) is 12.